The van der Waals surface area contributed by atoms with E-state index in [9.17, 15) is 0 Å². The lowest BCUT2D eigenvalue weighted by Crippen LogP contribution is -2.10. The lowest BCUT2D eigenvalue weighted by Gasteiger charge is -2.20. The fraction of sp³-hybridized carbons (Fsp3) is 0.294. The fourth-order valence-corrected chi connectivity index (χ4v) is 2.65. The monoisotopic (exact) mass is 292 g/mol. The maximum absolute atomic E-state index is 6.52. The van der Waals surface area contributed by atoms with Crippen LogP contribution < -0.4 is 0 Å². The molecule has 2 heteroatoms. The molecule has 19 heavy (non-hydrogen) atoms. The third-order valence-corrected chi connectivity index (χ3v) is 4.08. The van der Waals surface area contributed by atoms with Crippen molar-refractivity contribution in [2.24, 2.45) is 0 Å². The van der Waals surface area contributed by atoms with Gasteiger partial charge in [0, 0.05) is 5.02 Å². The Hall–Kier alpha value is -0.980. The molecular weight excluding hydrogens is 275 g/mol. The smallest absolute Gasteiger partial charge is 0.0849 e. The van der Waals surface area contributed by atoms with Crippen LogP contribution in [0.15, 0.2) is 48.5 Å². The molecule has 0 aliphatic heterocycles. The van der Waals surface area contributed by atoms with E-state index in [2.05, 4.69) is 45.0 Å². The molecule has 0 aliphatic carbocycles. The van der Waals surface area contributed by atoms with Crippen molar-refractivity contribution in [3.05, 3.63) is 70.2 Å². The van der Waals surface area contributed by atoms with Gasteiger partial charge in [0.15, 0.2) is 0 Å². The molecule has 0 aromatic heterocycles. The van der Waals surface area contributed by atoms with E-state index in [0.717, 1.165) is 11.1 Å². The van der Waals surface area contributed by atoms with Crippen LogP contribution in [-0.4, -0.2) is 0 Å². The Bertz CT molecular complexity index is 550. The summed E-state index contributed by atoms with van der Waals surface area (Å²) in [6.07, 6.45) is 0. The van der Waals surface area contributed by atoms with E-state index >= 15 is 0 Å². The maximum atomic E-state index is 6.52. The van der Waals surface area contributed by atoms with Gasteiger partial charge in [-0.2, -0.15) is 0 Å². The highest BCUT2D eigenvalue weighted by molar-refractivity contribution is 6.33. The molecule has 0 N–H and O–H groups in total. The van der Waals surface area contributed by atoms with Gasteiger partial charge in [0.25, 0.3) is 0 Å². The maximum Gasteiger partial charge on any atom is 0.0849 e. The van der Waals surface area contributed by atoms with Crippen molar-refractivity contribution in [3.63, 3.8) is 0 Å². The molecule has 0 amide bonds. The summed E-state index contributed by atoms with van der Waals surface area (Å²) in [7, 11) is 0. The first kappa shape index (κ1) is 14.4. The normalized spacial score (nSPS) is 13.3. The summed E-state index contributed by atoms with van der Waals surface area (Å²) in [4.78, 5) is 0. The van der Waals surface area contributed by atoms with Gasteiger partial charge in [-0.25, -0.2) is 0 Å². The van der Waals surface area contributed by atoms with Gasteiger partial charge in [-0.1, -0.05) is 74.8 Å². The highest BCUT2D eigenvalue weighted by Crippen LogP contribution is 2.34. The Morgan fingerprint density at radius 3 is 2.00 bits per heavy atom. The third-order valence-electron chi connectivity index (χ3n) is 3.25. The summed E-state index contributed by atoms with van der Waals surface area (Å²) in [5.41, 5.74) is 3.49. The number of benzene rings is 2. The zero-order valence-electron chi connectivity index (χ0n) is 11.5. The fourth-order valence-electron chi connectivity index (χ4n) is 2.01. The van der Waals surface area contributed by atoms with Gasteiger partial charge in [0.05, 0.1) is 5.38 Å². The van der Waals surface area contributed by atoms with E-state index in [0.29, 0.717) is 5.02 Å². The summed E-state index contributed by atoms with van der Waals surface area (Å²) in [5, 5.41) is 0.505. The Morgan fingerprint density at radius 2 is 1.47 bits per heavy atom. The average molecular weight is 293 g/mol. The van der Waals surface area contributed by atoms with E-state index < -0.39 is 0 Å². The topological polar surface area (TPSA) is 0 Å². The van der Waals surface area contributed by atoms with Gasteiger partial charge in [-0.15, -0.1) is 11.6 Å². The zero-order valence-corrected chi connectivity index (χ0v) is 13.0. The largest absolute Gasteiger partial charge is 0.113 e. The van der Waals surface area contributed by atoms with E-state index in [1.165, 1.54) is 5.56 Å². The van der Waals surface area contributed by atoms with Crippen LogP contribution in [0, 0.1) is 0 Å². The average Bonchev–Trinajstić information content (AvgIpc) is 2.38. The first-order chi connectivity index (χ1) is 8.89. The molecule has 0 spiro atoms. The molecule has 1 unspecified atom stereocenters. The van der Waals surface area contributed by atoms with Crippen LogP contribution in [0.5, 0.6) is 0 Å². The van der Waals surface area contributed by atoms with Crippen LogP contribution in [0.25, 0.3) is 0 Å². The predicted molar refractivity (Wildman–Crippen MR) is 84.3 cm³/mol. The quantitative estimate of drug-likeness (QED) is 0.599. The van der Waals surface area contributed by atoms with Gasteiger partial charge in [0.2, 0.25) is 0 Å². The van der Waals surface area contributed by atoms with Crippen molar-refractivity contribution in [2.75, 3.05) is 0 Å². The number of alkyl halides is 1. The van der Waals surface area contributed by atoms with E-state index in [-0.39, 0.29) is 10.8 Å². The zero-order chi connectivity index (χ0) is 14.0. The van der Waals surface area contributed by atoms with Crippen LogP contribution in [0.4, 0.5) is 0 Å². The molecule has 0 radical (unpaired) electrons. The van der Waals surface area contributed by atoms with Crippen molar-refractivity contribution in [3.8, 4) is 0 Å². The first-order valence-corrected chi connectivity index (χ1v) is 7.20. The number of rotatable bonds is 2. The van der Waals surface area contributed by atoms with Crippen molar-refractivity contribution >= 4 is 23.2 Å². The second kappa shape index (κ2) is 5.56. The molecule has 2 aromatic rings. The molecule has 0 nitrogen and oxygen atoms in total. The van der Waals surface area contributed by atoms with Gasteiger partial charge >= 0.3 is 0 Å². The van der Waals surface area contributed by atoms with Gasteiger partial charge in [-0.05, 0) is 28.2 Å². The minimum absolute atomic E-state index is 0.157. The van der Waals surface area contributed by atoms with E-state index in [1.54, 1.807) is 0 Å². The summed E-state index contributed by atoms with van der Waals surface area (Å²) >= 11 is 12.7. The molecule has 2 aromatic carbocycles. The van der Waals surface area contributed by atoms with Crippen molar-refractivity contribution in [1.82, 2.24) is 0 Å². The molecule has 2 rings (SSSR count). The lowest BCUT2D eigenvalue weighted by atomic mass is 9.86. The molecule has 0 saturated carbocycles. The number of halogens is 2. The lowest BCUT2D eigenvalue weighted by molar-refractivity contribution is 0.590. The Balaban J connectivity index is 2.31. The predicted octanol–water partition coefficient (Wildman–Crippen LogP) is 5.97. The van der Waals surface area contributed by atoms with E-state index in [1.807, 2.05) is 24.3 Å². The molecule has 1 atom stereocenters. The summed E-state index contributed by atoms with van der Waals surface area (Å²) in [6.45, 7) is 6.61. The molecule has 0 saturated heterocycles. The summed E-state index contributed by atoms with van der Waals surface area (Å²) in [6, 6.07) is 16.2. The Labute approximate surface area is 125 Å². The highest BCUT2D eigenvalue weighted by Gasteiger charge is 2.16. The molecule has 0 heterocycles. The van der Waals surface area contributed by atoms with Gasteiger partial charge in [-0.3, -0.25) is 0 Å². The van der Waals surface area contributed by atoms with Crippen LogP contribution in [0.2, 0.25) is 5.02 Å². The van der Waals surface area contributed by atoms with Crippen molar-refractivity contribution in [1.29, 1.82) is 0 Å². The van der Waals surface area contributed by atoms with Crippen LogP contribution in [0.1, 0.15) is 42.8 Å². The Morgan fingerprint density at radius 1 is 0.895 bits per heavy atom. The minimum Gasteiger partial charge on any atom is -0.113 e. The molecule has 100 valence electrons. The molecule has 0 fully saturated rings. The second-order valence-electron chi connectivity index (χ2n) is 5.76. The Kier molecular flexibility index (Phi) is 4.23. The van der Waals surface area contributed by atoms with Crippen LogP contribution in [0.3, 0.4) is 0 Å². The van der Waals surface area contributed by atoms with Crippen molar-refractivity contribution in [2.45, 2.75) is 31.6 Å². The highest BCUT2D eigenvalue weighted by atomic mass is 35.5. The summed E-state index contributed by atoms with van der Waals surface area (Å²) < 4.78 is 0. The minimum atomic E-state index is -0.206. The summed E-state index contributed by atoms with van der Waals surface area (Å²) in [5.74, 6) is 0. The van der Waals surface area contributed by atoms with Gasteiger partial charge in [0.1, 0.15) is 0 Å². The third kappa shape index (κ3) is 3.32. The number of hydrogen-bond acceptors (Lipinski definition) is 0. The molecular formula is C17H18Cl2. The standard InChI is InChI=1S/C17H18Cl2/c1-17(2,3)13-10-8-12(9-11-13)16(19)14-6-4-5-7-15(14)18/h4-11,16H,1-3H3. The van der Waals surface area contributed by atoms with Crippen molar-refractivity contribution < 1.29 is 0 Å². The van der Waals surface area contributed by atoms with Gasteiger partial charge < -0.3 is 0 Å². The molecule has 0 aliphatic rings. The molecule has 0 bridgehead atoms. The number of hydrogen-bond donors (Lipinski definition) is 0. The van der Waals surface area contributed by atoms with Crippen LogP contribution in [-0.2, 0) is 5.41 Å². The second-order valence-corrected chi connectivity index (χ2v) is 6.60. The SMILES string of the molecule is CC(C)(C)c1ccc(C(Cl)c2ccccc2Cl)cc1. The van der Waals surface area contributed by atoms with E-state index in [4.69, 9.17) is 23.2 Å². The van der Waals surface area contributed by atoms with Crippen LogP contribution >= 0.6 is 23.2 Å². The first-order valence-electron chi connectivity index (χ1n) is 6.38.